The SMILES string of the molecule is COc1ccc(C(=O)NCC2(CN)CCCC2)cc1. The van der Waals surface area contributed by atoms with Crippen molar-refractivity contribution in [1.82, 2.24) is 5.32 Å². The Bertz CT molecular complexity index is 422. The number of hydrogen-bond acceptors (Lipinski definition) is 3. The number of nitrogens with two attached hydrogens (primary N) is 1. The molecule has 1 aromatic rings. The highest BCUT2D eigenvalue weighted by Gasteiger charge is 2.32. The first-order chi connectivity index (χ1) is 9.19. The molecule has 4 heteroatoms. The van der Waals surface area contributed by atoms with Gasteiger partial charge in [-0.1, -0.05) is 12.8 Å². The average molecular weight is 262 g/mol. The van der Waals surface area contributed by atoms with Gasteiger partial charge in [-0.2, -0.15) is 0 Å². The molecule has 1 amide bonds. The van der Waals surface area contributed by atoms with Crippen LogP contribution in [-0.2, 0) is 0 Å². The Morgan fingerprint density at radius 3 is 2.47 bits per heavy atom. The highest BCUT2D eigenvalue weighted by molar-refractivity contribution is 5.94. The van der Waals surface area contributed by atoms with E-state index in [9.17, 15) is 4.79 Å². The van der Waals surface area contributed by atoms with E-state index in [1.807, 2.05) is 0 Å². The first kappa shape index (κ1) is 13.9. The fraction of sp³-hybridized carbons (Fsp3) is 0.533. The van der Waals surface area contributed by atoms with Crippen molar-refractivity contribution in [3.8, 4) is 5.75 Å². The molecule has 104 valence electrons. The molecule has 0 spiro atoms. The summed E-state index contributed by atoms with van der Waals surface area (Å²) in [7, 11) is 1.61. The van der Waals surface area contributed by atoms with E-state index in [-0.39, 0.29) is 11.3 Å². The highest BCUT2D eigenvalue weighted by atomic mass is 16.5. The van der Waals surface area contributed by atoms with Gasteiger partial charge in [-0.05, 0) is 49.1 Å². The Kier molecular flexibility index (Phi) is 4.43. The second-order valence-corrected chi connectivity index (χ2v) is 5.32. The molecule has 0 bridgehead atoms. The summed E-state index contributed by atoms with van der Waals surface area (Å²) in [5, 5.41) is 3.01. The predicted octanol–water partition coefficient (Wildman–Crippen LogP) is 1.94. The van der Waals surface area contributed by atoms with Gasteiger partial charge in [0.25, 0.3) is 5.91 Å². The van der Waals surface area contributed by atoms with Gasteiger partial charge in [0.2, 0.25) is 0 Å². The molecular formula is C15H22N2O2. The third-order valence-electron chi connectivity index (χ3n) is 4.07. The standard InChI is InChI=1S/C15H22N2O2/c1-19-13-6-4-12(5-7-13)14(18)17-11-15(10-16)8-2-3-9-15/h4-7H,2-3,8-11,16H2,1H3,(H,17,18). The Morgan fingerprint density at radius 1 is 1.32 bits per heavy atom. The van der Waals surface area contributed by atoms with Crippen molar-refractivity contribution < 1.29 is 9.53 Å². The lowest BCUT2D eigenvalue weighted by Crippen LogP contribution is -2.40. The molecule has 0 aliphatic heterocycles. The first-order valence-corrected chi connectivity index (χ1v) is 6.81. The Balaban J connectivity index is 1.93. The van der Waals surface area contributed by atoms with Gasteiger partial charge in [0, 0.05) is 12.1 Å². The number of carbonyl (C=O) groups excluding carboxylic acids is 1. The lowest BCUT2D eigenvalue weighted by Gasteiger charge is -2.27. The third-order valence-corrected chi connectivity index (χ3v) is 4.07. The fourth-order valence-corrected chi connectivity index (χ4v) is 2.69. The van der Waals surface area contributed by atoms with Crippen LogP contribution in [0.25, 0.3) is 0 Å². The molecule has 0 aromatic heterocycles. The summed E-state index contributed by atoms with van der Waals surface area (Å²) in [6, 6.07) is 7.14. The van der Waals surface area contributed by atoms with E-state index in [2.05, 4.69) is 5.32 Å². The normalized spacial score (nSPS) is 17.2. The molecule has 1 aliphatic carbocycles. The smallest absolute Gasteiger partial charge is 0.251 e. The van der Waals surface area contributed by atoms with Crippen LogP contribution in [0.4, 0.5) is 0 Å². The van der Waals surface area contributed by atoms with Crippen LogP contribution in [0.5, 0.6) is 5.75 Å². The molecule has 1 aliphatic rings. The van der Waals surface area contributed by atoms with Crippen molar-refractivity contribution in [3.05, 3.63) is 29.8 Å². The zero-order chi connectivity index (χ0) is 13.7. The van der Waals surface area contributed by atoms with Crippen LogP contribution in [-0.4, -0.2) is 26.1 Å². The molecule has 4 nitrogen and oxygen atoms in total. The highest BCUT2D eigenvalue weighted by Crippen LogP contribution is 2.36. The molecule has 1 fully saturated rings. The molecule has 0 heterocycles. The van der Waals surface area contributed by atoms with Crippen LogP contribution < -0.4 is 15.8 Å². The number of nitrogens with one attached hydrogen (secondary N) is 1. The van der Waals surface area contributed by atoms with Gasteiger partial charge in [0.15, 0.2) is 0 Å². The summed E-state index contributed by atoms with van der Waals surface area (Å²) in [6.45, 7) is 1.32. The third kappa shape index (κ3) is 3.26. The fourth-order valence-electron chi connectivity index (χ4n) is 2.69. The molecule has 3 N–H and O–H groups in total. The van der Waals surface area contributed by atoms with Crippen molar-refractivity contribution in [1.29, 1.82) is 0 Å². The van der Waals surface area contributed by atoms with Crippen LogP contribution in [0, 0.1) is 5.41 Å². The van der Waals surface area contributed by atoms with E-state index >= 15 is 0 Å². The molecule has 1 saturated carbocycles. The van der Waals surface area contributed by atoms with E-state index in [4.69, 9.17) is 10.5 Å². The van der Waals surface area contributed by atoms with Crippen molar-refractivity contribution in [2.75, 3.05) is 20.2 Å². The number of benzene rings is 1. The zero-order valence-electron chi connectivity index (χ0n) is 11.4. The number of rotatable bonds is 5. The first-order valence-electron chi connectivity index (χ1n) is 6.81. The molecule has 19 heavy (non-hydrogen) atoms. The minimum Gasteiger partial charge on any atom is -0.497 e. The average Bonchev–Trinajstić information content (AvgIpc) is 2.94. The number of hydrogen-bond donors (Lipinski definition) is 2. The lowest BCUT2D eigenvalue weighted by molar-refractivity contribution is 0.0932. The van der Waals surface area contributed by atoms with Gasteiger partial charge in [-0.25, -0.2) is 0 Å². The molecule has 0 radical (unpaired) electrons. The maximum Gasteiger partial charge on any atom is 0.251 e. The van der Waals surface area contributed by atoms with Gasteiger partial charge < -0.3 is 15.8 Å². The molecular weight excluding hydrogens is 240 g/mol. The van der Waals surface area contributed by atoms with Crippen molar-refractivity contribution in [3.63, 3.8) is 0 Å². The van der Waals surface area contributed by atoms with Crippen LogP contribution in [0.2, 0.25) is 0 Å². The Labute approximate surface area is 114 Å². The lowest BCUT2D eigenvalue weighted by atomic mass is 9.86. The monoisotopic (exact) mass is 262 g/mol. The number of amides is 1. The van der Waals surface area contributed by atoms with Crippen LogP contribution >= 0.6 is 0 Å². The van der Waals surface area contributed by atoms with Crippen molar-refractivity contribution in [2.24, 2.45) is 11.1 Å². The zero-order valence-corrected chi connectivity index (χ0v) is 11.4. The van der Waals surface area contributed by atoms with Gasteiger partial charge in [0.1, 0.15) is 5.75 Å². The minimum absolute atomic E-state index is 0.0395. The quantitative estimate of drug-likeness (QED) is 0.852. The van der Waals surface area contributed by atoms with E-state index in [0.717, 1.165) is 18.6 Å². The van der Waals surface area contributed by atoms with Crippen molar-refractivity contribution in [2.45, 2.75) is 25.7 Å². The summed E-state index contributed by atoms with van der Waals surface area (Å²) in [5.74, 6) is 0.716. The van der Waals surface area contributed by atoms with Gasteiger partial charge in [-0.15, -0.1) is 0 Å². The second-order valence-electron chi connectivity index (χ2n) is 5.32. The molecule has 0 unspecified atom stereocenters. The summed E-state index contributed by atoms with van der Waals surface area (Å²) >= 11 is 0. The minimum atomic E-state index is -0.0395. The summed E-state index contributed by atoms with van der Waals surface area (Å²) in [4.78, 5) is 12.1. The van der Waals surface area contributed by atoms with Gasteiger partial charge in [-0.3, -0.25) is 4.79 Å². The van der Waals surface area contributed by atoms with Crippen LogP contribution in [0.3, 0.4) is 0 Å². The van der Waals surface area contributed by atoms with Gasteiger partial charge >= 0.3 is 0 Å². The molecule has 2 rings (SSSR count). The maximum absolute atomic E-state index is 12.1. The number of carbonyl (C=O) groups is 1. The largest absolute Gasteiger partial charge is 0.497 e. The van der Waals surface area contributed by atoms with E-state index in [1.165, 1.54) is 12.8 Å². The molecule has 1 aromatic carbocycles. The summed E-state index contributed by atoms with van der Waals surface area (Å²) < 4.78 is 5.08. The number of methoxy groups -OCH3 is 1. The van der Waals surface area contributed by atoms with Gasteiger partial charge in [0.05, 0.1) is 7.11 Å². The Hall–Kier alpha value is -1.55. The van der Waals surface area contributed by atoms with Crippen molar-refractivity contribution >= 4 is 5.91 Å². The van der Waals surface area contributed by atoms with E-state index in [0.29, 0.717) is 18.7 Å². The summed E-state index contributed by atoms with van der Waals surface area (Å²) in [5.41, 5.74) is 6.64. The molecule has 0 saturated heterocycles. The molecule has 0 atom stereocenters. The Morgan fingerprint density at radius 2 is 1.95 bits per heavy atom. The van der Waals surface area contributed by atoms with E-state index < -0.39 is 0 Å². The predicted molar refractivity (Wildman–Crippen MR) is 75.3 cm³/mol. The topological polar surface area (TPSA) is 64.3 Å². The second kappa shape index (κ2) is 6.06. The summed E-state index contributed by atoms with van der Waals surface area (Å²) in [6.07, 6.45) is 4.67. The van der Waals surface area contributed by atoms with E-state index in [1.54, 1.807) is 31.4 Å². The number of ether oxygens (including phenoxy) is 1. The van der Waals surface area contributed by atoms with Crippen LogP contribution in [0.15, 0.2) is 24.3 Å². The maximum atomic E-state index is 12.1. The van der Waals surface area contributed by atoms with Crippen LogP contribution in [0.1, 0.15) is 36.0 Å².